The molecule has 2 rings (SSSR count). The second-order valence-electron chi connectivity index (χ2n) is 7.32. The molecule has 2 atom stereocenters. The van der Waals surface area contributed by atoms with Crippen LogP contribution >= 0.6 is 11.6 Å². The molecule has 0 N–H and O–H groups in total. The summed E-state index contributed by atoms with van der Waals surface area (Å²) < 4.78 is 5.44. The zero-order valence-electron chi connectivity index (χ0n) is 13.8. The van der Waals surface area contributed by atoms with Gasteiger partial charge in [0.2, 0.25) is 5.91 Å². The van der Waals surface area contributed by atoms with Gasteiger partial charge in [0.25, 0.3) is 0 Å². The average molecular weight is 331 g/mol. The Morgan fingerprint density at radius 1 is 1.32 bits per heavy atom. The Kier molecular flexibility index (Phi) is 5.59. The lowest BCUT2D eigenvalue weighted by Gasteiger charge is -2.28. The third kappa shape index (κ3) is 4.51. The van der Waals surface area contributed by atoms with Crippen molar-refractivity contribution >= 4 is 23.6 Å². The lowest BCUT2D eigenvalue weighted by Crippen LogP contribution is -2.39. The normalized spacial score (nSPS) is 27.0. The van der Waals surface area contributed by atoms with Crippen molar-refractivity contribution in [1.82, 2.24) is 9.80 Å². The maximum atomic E-state index is 12.2. The van der Waals surface area contributed by atoms with Crippen LogP contribution in [0.15, 0.2) is 0 Å². The van der Waals surface area contributed by atoms with E-state index in [1.54, 1.807) is 4.90 Å². The fourth-order valence-corrected chi connectivity index (χ4v) is 3.37. The molecule has 0 aromatic heterocycles. The van der Waals surface area contributed by atoms with E-state index in [9.17, 15) is 9.59 Å². The lowest BCUT2D eigenvalue weighted by atomic mass is 10.1. The largest absolute Gasteiger partial charge is 0.444 e. The number of alkyl halides is 1. The van der Waals surface area contributed by atoms with Gasteiger partial charge in [0.05, 0.1) is 0 Å². The van der Waals surface area contributed by atoms with Crippen molar-refractivity contribution in [2.75, 3.05) is 25.5 Å². The van der Waals surface area contributed by atoms with Crippen molar-refractivity contribution < 1.29 is 14.3 Å². The topological polar surface area (TPSA) is 49.9 Å². The van der Waals surface area contributed by atoms with E-state index in [2.05, 4.69) is 0 Å². The van der Waals surface area contributed by atoms with E-state index in [1.165, 1.54) is 0 Å². The third-order valence-corrected chi connectivity index (χ3v) is 4.68. The minimum Gasteiger partial charge on any atom is -0.444 e. The Labute approximate surface area is 137 Å². The summed E-state index contributed by atoms with van der Waals surface area (Å²) >= 11 is 5.89. The lowest BCUT2D eigenvalue weighted by molar-refractivity contribution is -0.129. The minimum absolute atomic E-state index is 0.210. The Morgan fingerprint density at radius 2 is 2.05 bits per heavy atom. The third-order valence-electron chi connectivity index (χ3n) is 4.25. The number of nitrogens with zero attached hydrogens (tertiary/aromatic N) is 2. The number of likely N-dealkylation sites (tertiary alicyclic amines) is 2. The Balaban J connectivity index is 1.90. The van der Waals surface area contributed by atoms with Crippen molar-refractivity contribution in [2.45, 2.75) is 58.1 Å². The van der Waals surface area contributed by atoms with Gasteiger partial charge in [0.1, 0.15) is 5.60 Å². The molecule has 126 valence electrons. The summed E-state index contributed by atoms with van der Waals surface area (Å²) in [6.07, 6.45) is 2.98. The van der Waals surface area contributed by atoms with E-state index in [0.717, 1.165) is 25.8 Å². The van der Waals surface area contributed by atoms with Crippen molar-refractivity contribution in [1.29, 1.82) is 0 Å². The van der Waals surface area contributed by atoms with Crippen LogP contribution in [0.4, 0.5) is 4.79 Å². The van der Waals surface area contributed by atoms with Gasteiger partial charge < -0.3 is 14.5 Å². The monoisotopic (exact) mass is 330 g/mol. The molecular weight excluding hydrogens is 304 g/mol. The summed E-state index contributed by atoms with van der Waals surface area (Å²) in [5.74, 6) is 1.03. The molecule has 22 heavy (non-hydrogen) atoms. The maximum absolute atomic E-state index is 12.2. The van der Waals surface area contributed by atoms with Gasteiger partial charge in [-0.15, -0.1) is 11.6 Å². The average Bonchev–Trinajstić information content (AvgIpc) is 2.64. The summed E-state index contributed by atoms with van der Waals surface area (Å²) in [7, 11) is 0. The molecule has 0 aromatic carbocycles. The van der Waals surface area contributed by atoms with E-state index in [0.29, 0.717) is 25.4 Å². The van der Waals surface area contributed by atoms with E-state index >= 15 is 0 Å². The second-order valence-corrected chi connectivity index (χ2v) is 7.63. The zero-order chi connectivity index (χ0) is 16.3. The number of hydrogen-bond acceptors (Lipinski definition) is 3. The van der Waals surface area contributed by atoms with Gasteiger partial charge in [-0.3, -0.25) is 4.79 Å². The molecule has 2 aliphatic rings. The Morgan fingerprint density at radius 3 is 2.64 bits per heavy atom. The fraction of sp³-hybridized carbons (Fsp3) is 0.875. The highest BCUT2D eigenvalue weighted by Crippen LogP contribution is 2.26. The number of carbonyl (C=O) groups excluding carboxylic acids is 2. The van der Waals surface area contributed by atoms with Crippen LogP contribution in [-0.4, -0.2) is 59.0 Å². The molecule has 2 fully saturated rings. The Bertz CT molecular complexity index is 422. The summed E-state index contributed by atoms with van der Waals surface area (Å²) in [5, 5.41) is 0. The number of ether oxygens (including phenoxy) is 1. The molecule has 6 heteroatoms. The van der Waals surface area contributed by atoms with Gasteiger partial charge in [0, 0.05) is 38.0 Å². The molecule has 0 aromatic rings. The quantitative estimate of drug-likeness (QED) is 0.731. The standard InChI is InChI=1S/C16H27ClN2O3/c1-16(2,3)22-15(21)18-7-4-5-13(6-8-18)19-11-12(10-17)9-14(19)20/h12-13H,4-11H2,1-3H3. The SMILES string of the molecule is CC(C)(C)OC(=O)N1CCCC(N2CC(CCl)CC2=O)CC1. The highest BCUT2D eigenvalue weighted by molar-refractivity contribution is 6.18. The van der Waals surface area contributed by atoms with Gasteiger partial charge >= 0.3 is 6.09 Å². The molecule has 0 saturated carbocycles. The first-order chi connectivity index (χ1) is 10.3. The van der Waals surface area contributed by atoms with E-state index in [4.69, 9.17) is 16.3 Å². The molecule has 5 nitrogen and oxygen atoms in total. The number of hydrogen-bond donors (Lipinski definition) is 0. The first kappa shape index (κ1) is 17.4. The number of amides is 2. The summed E-state index contributed by atoms with van der Waals surface area (Å²) in [5.41, 5.74) is -0.471. The van der Waals surface area contributed by atoms with Crippen LogP contribution in [0, 0.1) is 5.92 Å². The predicted octanol–water partition coefficient (Wildman–Crippen LogP) is 2.86. The van der Waals surface area contributed by atoms with Crippen molar-refractivity contribution in [3.63, 3.8) is 0 Å². The van der Waals surface area contributed by atoms with Crippen LogP contribution in [-0.2, 0) is 9.53 Å². The van der Waals surface area contributed by atoms with E-state index in [1.807, 2.05) is 25.7 Å². The first-order valence-corrected chi connectivity index (χ1v) is 8.67. The fourth-order valence-electron chi connectivity index (χ4n) is 3.16. The molecule has 0 radical (unpaired) electrons. The Hall–Kier alpha value is -0.970. The van der Waals surface area contributed by atoms with E-state index in [-0.39, 0.29) is 24.0 Å². The van der Waals surface area contributed by atoms with Gasteiger partial charge in [0.15, 0.2) is 0 Å². The van der Waals surface area contributed by atoms with Crippen LogP contribution in [0.2, 0.25) is 0 Å². The van der Waals surface area contributed by atoms with Crippen LogP contribution in [0.3, 0.4) is 0 Å². The molecule has 2 unspecified atom stereocenters. The van der Waals surface area contributed by atoms with Crippen LogP contribution in [0.1, 0.15) is 46.5 Å². The molecule has 0 bridgehead atoms. The van der Waals surface area contributed by atoms with Gasteiger partial charge in [-0.05, 0) is 46.0 Å². The van der Waals surface area contributed by atoms with E-state index < -0.39 is 5.60 Å². The van der Waals surface area contributed by atoms with Crippen molar-refractivity contribution in [3.05, 3.63) is 0 Å². The predicted molar refractivity (Wildman–Crippen MR) is 86.0 cm³/mol. The molecule has 2 heterocycles. The van der Waals surface area contributed by atoms with Crippen molar-refractivity contribution in [2.24, 2.45) is 5.92 Å². The van der Waals surface area contributed by atoms with Crippen LogP contribution in [0.25, 0.3) is 0 Å². The molecular formula is C16H27ClN2O3. The maximum Gasteiger partial charge on any atom is 0.410 e. The summed E-state index contributed by atoms with van der Waals surface area (Å²) in [6, 6.07) is 0.230. The highest BCUT2D eigenvalue weighted by atomic mass is 35.5. The molecule has 2 saturated heterocycles. The number of carbonyl (C=O) groups is 2. The number of halogens is 1. The summed E-state index contributed by atoms with van der Waals surface area (Å²) in [4.78, 5) is 28.0. The summed E-state index contributed by atoms with van der Waals surface area (Å²) in [6.45, 7) is 7.74. The number of rotatable bonds is 2. The smallest absolute Gasteiger partial charge is 0.410 e. The molecule has 2 aliphatic heterocycles. The molecule has 0 spiro atoms. The van der Waals surface area contributed by atoms with Gasteiger partial charge in [-0.25, -0.2) is 4.79 Å². The van der Waals surface area contributed by atoms with Crippen molar-refractivity contribution in [3.8, 4) is 0 Å². The van der Waals surface area contributed by atoms with Gasteiger partial charge in [-0.1, -0.05) is 0 Å². The van der Waals surface area contributed by atoms with Crippen LogP contribution < -0.4 is 0 Å². The molecule has 2 amide bonds. The highest BCUT2D eigenvalue weighted by Gasteiger charge is 2.35. The van der Waals surface area contributed by atoms with Crippen LogP contribution in [0.5, 0.6) is 0 Å². The van der Waals surface area contributed by atoms with Gasteiger partial charge in [-0.2, -0.15) is 0 Å². The first-order valence-electron chi connectivity index (χ1n) is 8.13. The minimum atomic E-state index is -0.471. The second kappa shape index (κ2) is 7.07. The molecule has 0 aliphatic carbocycles. The zero-order valence-corrected chi connectivity index (χ0v) is 14.6.